The van der Waals surface area contributed by atoms with Crippen molar-refractivity contribution in [2.24, 2.45) is 0 Å². The zero-order valence-corrected chi connectivity index (χ0v) is 15.6. The smallest absolute Gasteiger partial charge is 0.423 e. The van der Waals surface area contributed by atoms with Gasteiger partial charge in [0, 0.05) is 0 Å². The molecule has 0 fully saturated rings. The van der Waals surface area contributed by atoms with Gasteiger partial charge < -0.3 is 4.74 Å². The van der Waals surface area contributed by atoms with Gasteiger partial charge in [0.1, 0.15) is 0 Å². The van der Waals surface area contributed by atoms with Crippen LogP contribution in [0.25, 0.3) is 0 Å². The molecule has 0 saturated heterocycles. The van der Waals surface area contributed by atoms with Crippen molar-refractivity contribution in [2.75, 3.05) is 6.61 Å². The van der Waals surface area contributed by atoms with E-state index >= 15 is 0 Å². The minimum absolute atomic E-state index is 0.355. The highest BCUT2D eigenvalue weighted by molar-refractivity contribution is 5.66. The van der Waals surface area contributed by atoms with E-state index in [2.05, 4.69) is 12.3 Å². The summed E-state index contributed by atoms with van der Waals surface area (Å²) in [6.45, 7) is 14.4. The van der Waals surface area contributed by atoms with Gasteiger partial charge in [-0.15, -0.1) is 0 Å². The van der Waals surface area contributed by atoms with E-state index in [-0.39, 0.29) is 11.1 Å². The minimum Gasteiger partial charge on any atom is -0.449 e. The second kappa shape index (κ2) is 10.1. The molecule has 0 aromatic rings. The maximum absolute atomic E-state index is 11.9. The molecule has 0 rings (SSSR count). The lowest BCUT2D eigenvalue weighted by molar-refractivity contribution is -0.290. The van der Waals surface area contributed by atoms with Gasteiger partial charge in [-0.05, 0) is 48.0 Å². The number of rotatable bonds is 9. The number of ether oxygens (including phenoxy) is 1. The minimum atomic E-state index is -0.465. The SMILES string of the molecule is CCCCCCCCOC(=O)NN(OC(C)(C)C)C(C)(C)C. The fraction of sp³-hybridized carbons (Fsp3) is 0.941. The first kappa shape index (κ1) is 21.2. The summed E-state index contributed by atoms with van der Waals surface area (Å²) in [4.78, 5) is 17.6. The molecule has 22 heavy (non-hydrogen) atoms. The molecule has 0 spiro atoms. The van der Waals surface area contributed by atoms with E-state index < -0.39 is 6.09 Å². The standard InChI is InChI=1S/C17H36N2O3/c1-8-9-10-11-12-13-14-21-15(20)18-19(16(2,3)4)22-17(5,6)7/h8-14H2,1-7H3,(H,18,20). The number of nitrogens with zero attached hydrogens (tertiary/aromatic N) is 1. The van der Waals surface area contributed by atoms with Crippen LogP contribution in [-0.2, 0) is 9.57 Å². The lowest BCUT2D eigenvalue weighted by atomic mass is 10.1. The van der Waals surface area contributed by atoms with Gasteiger partial charge in [-0.2, -0.15) is 0 Å². The van der Waals surface area contributed by atoms with E-state index in [1.165, 1.54) is 30.9 Å². The molecule has 0 heterocycles. The summed E-state index contributed by atoms with van der Waals surface area (Å²) < 4.78 is 5.22. The Morgan fingerprint density at radius 3 is 2.00 bits per heavy atom. The second-order valence-corrected chi connectivity index (χ2v) is 7.68. The van der Waals surface area contributed by atoms with Crippen molar-refractivity contribution in [1.29, 1.82) is 0 Å². The van der Waals surface area contributed by atoms with Crippen molar-refractivity contribution in [1.82, 2.24) is 10.6 Å². The molecule has 0 radical (unpaired) electrons. The molecule has 1 amide bonds. The van der Waals surface area contributed by atoms with Crippen LogP contribution in [0.5, 0.6) is 0 Å². The van der Waals surface area contributed by atoms with Crippen molar-refractivity contribution in [3.05, 3.63) is 0 Å². The fourth-order valence-electron chi connectivity index (χ4n) is 1.76. The Labute approximate surface area is 136 Å². The van der Waals surface area contributed by atoms with Crippen molar-refractivity contribution in [3.8, 4) is 0 Å². The van der Waals surface area contributed by atoms with E-state index in [1.807, 2.05) is 41.5 Å². The number of carbonyl (C=O) groups excluding carboxylic acids is 1. The van der Waals surface area contributed by atoms with Gasteiger partial charge in [-0.1, -0.05) is 44.2 Å². The quantitative estimate of drug-likeness (QED) is 0.489. The van der Waals surface area contributed by atoms with Gasteiger partial charge in [-0.25, -0.2) is 10.2 Å². The van der Waals surface area contributed by atoms with E-state index in [0.29, 0.717) is 6.61 Å². The fourth-order valence-corrected chi connectivity index (χ4v) is 1.76. The van der Waals surface area contributed by atoms with Gasteiger partial charge in [-0.3, -0.25) is 4.84 Å². The maximum atomic E-state index is 11.9. The number of amides is 1. The Bertz CT molecular complexity index is 306. The first-order valence-corrected chi connectivity index (χ1v) is 8.49. The maximum Gasteiger partial charge on any atom is 0.423 e. The molecule has 1 N–H and O–H groups in total. The average molecular weight is 316 g/mol. The third-order valence-electron chi connectivity index (χ3n) is 2.90. The summed E-state index contributed by atoms with van der Waals surface area (Å²) in [5.41, 5.74) is 1.93. The number of unbranched alkanes of at least 4 members (excludes halogenated alkanes) is 5. The van der Waals surface area contributed by atoms with Crippen LogP contribution in [0.2, 0.25) is 0 Å². The Morgan fingerprint density at radius 2 is 1.50 bits per heavy atom. The van der Waals surface area contributed by atoms with Gasteiger partial charge >= 0.3 is 6.09 Å². The van der Waals surface area contributed by atoms with Gasteiger partial charge in [0.15, 0.2) is 0 Å². The zero-order valence-electron chi connectivity index (χ0n) is 15.6. The first-order valence-electron chi connectivity index (χ1n) is 8.49. The first-order chi connectivity index (χ1) is 10.1. The van der Waals surface area contributed by atoms with Crippen LogP contribution in [-0.4, -0.2) is 29.0 Å². The topological polar surface area (TPSA) is 50.8 Å². The van der Waals surface area contributed by atoms with E-state index in [1.54, 1.807) is 0 Å². The highest BCUT2D eigenvalue weighted by atomic mass is 16.7. The molecular formula is C17H36N2O3. The van der Waals surface area contributed by atoms with Gasteiger partial charge in [0.25, 0.3) is 0 Å². The van der Waals surface area contributed by atoms with Crippen LogP contribution in [0, 0.1) is 0 Å². The highest BCUT2D eigenvalue weighted by Crippen LogP contribution is 2.18. The molecule has 0 aromatic heterocycles. The Morgan fingerprint density at radius 1 is 0.955 bits per heavy atom. The Kier molecular flexibility index (Phi) is 9.69. The summed E-state index contributed by atoms with van der Waals surface area (Å²) in [6.07, 6.45) is 6.55. The molecule has 0 atom stereocenters. The summed E-state index contributed by atoms with van der Waals surface area (Å²) in [5.74, 6) is 0. The number of carbonyl (C=O) groups is 1. The number of nitrogens with one attached hydrogen (secondary N) is 1. The molecule has 0 aromatic carbocycles. The van der Waals surface area contributed by atoms with E-state index in [9.17, 15) is 4.79 Å². The van der Waals surface area contributed by atoms with Crippen LogP contribution in [0.3, 0.4) is 0 Å². The van der Waals surface area contributed by atoms with Crippen molar-refractivity contribution < 1.29 is 14.4 Å². The van der Waals surface area contributed by atoms with Crippen LogP contribution >= 0.6 is 0 Å². The van der Waals surface area contributed by atoms with Crippen molar-refractivity contribution in [3.63, 3.8) is 0 Å². The van der Waals surface area contributed by atoms with Crippen LogP contribution in [0.4, 0.5) is 4.79 Å². The zero-order chi connectivity index (χ0) is 17.2. The highest BCUT2D eigenvalue weighted by Gasteiger charge is 2.29. The van der Waals surface area contributed by atoms with E-state index in [4.69, 9.17) is 9.57 Å². The van der Waals surface area contributed by atoms with Gasteiger partial charge in [0.05, 0.1) is 17.7 Å². The number of hydrogen-bond donors (Lipinski definition) is 1. The third-order valence-corrected chi connectivity index (χ3v) is 2.90. The summed E-state index contributed by atoms with van der Waals surface area (Å²) in [7, 11) is 0. The second-order valence-electron chi connectivity index (χ2n) is 7.68. The summed E-state index contributed by atoms with van der Waals surface area (Å²) in [5, 5.41) is 1.47. The lowest BCUT2D eigenvalue weighted by Crippen LogP contribution is -2.55. The molecule has 0 aliphatic heterocycles. The molecule has 0 unspecified atom stereocenters. The summed E-state index contributed by atoms with van der Waals surface area (Å²) >= 11 is 0. The lowest BCUT2D eigenvalue weighted by Gasteiger charge is -2.38. The number of hydrazine groups is 1. The van der Waals surface area contributed by atoms with Crippen molar-refractivity contribution in [2.45, 2.75) is 98.1 Å². The Balaban J connectivity index is 4.04. The average Bonchev–Trinajstić information content (AvgIpc) is 2.34. The Hall–Kier alpha value is -0.810. The van der Waals surface area contributed by atoms with Gasteiger partial charge in [0.2, 0.25) is 0 Å². The molecule has 5 heteroatoms. The molecule has 5 nitrogen and oxygen atoms in total. The monoisotopic (exact) mass is 316 g/mol. The molecule has 0 aliphatic carbocycles. The third kappa shape index (κ3) is 11.8. The molecule has 0 saturated carbocycles. The molecule has 0 bridgehead atoms. The van der Waals surface area contributed by atoms with Crippen LogP contribution < -0.4 is 5.43 Å². The number of hydroxylamine groups is 1. The predicted octanol–water partition coefficient (Wildman–Crippen LogP) is 4.82. The van der Waals surface area contributed by atoms with E-state index in [0.717, 1.165) is 12.8 Å². The van der Waals surface area contributed by atoms with Crippen LogP contribution in [0.15, 0.2) is 0 Å². The van der Waals surface area contributed by atoms with Crippen molar-refractivity contribution >= 4 is 6.09 Å². The summed E-state index contributed by atoms with van der Waals surface area (Å²) in [6, 6.07) is 0. The molecule has 132 valence electrons. The molecular weight excluding hydrogens is 280 g/mol. The van der Waals surface area contributed by atoms with Crippen LogP contribution in [0.1, 0.15) is 87.0 Å². The largest absolute Gasteiger partial charge is 0.449 e. The number of hydrogen-bond acceptors (Lipinski definition) is 4. The predicted molar refractivity (Wildman–Crippen MR) is 90.3 cm³/mol. The normalized spacial score (nSPS) is 12.5. The molecule has 0 aliphatic rings.